The van der Waals surface area contributed by atoms with Gasteiger partial charge in [-0.3, -0.25) is 10.1 Å². The molecule has 1 atom stereocenters. The van der Waals surface area contributed by atoms with E-state index in [1.54, 1.807) is 6.92 Å². The van der Waals surface area contributed by atoms with Crippen LogP contribution in [0.15, 0.2) is 6.07 Å². The summed E-state index contributed by atoms with van der Waals surface area (Å²) in [5, 5.41) is 2.61. The quantitative estimate of drug-likeness (QED) is 0.846. The molecular formula is C10H17ClN4O. The molecule has 0 aliphatic heterocycles. The van der Waals surface area contributed by atoms with Crippen LogP contribution in [0.2, 0.25) is 0 Å². The molecule has 1 rings (SSSR count). The molecule has 1 aromatic rings. The average molecular weight is 245 g/mol. The predicted octanol–water partition coefficient (Wildman–Crippen LogP) is 1.58. The molecule has 0 radical (unpaired) electrons. The van der Waals surface area contributed by atoms with E-state index in [4.69, 9.17) is 5.73 Å². The van der Waals surface area contributed by atoms with E-state index in [-0.39, 0.29) is 24.4 Å². The second-order valence-corrected chi connectivity index (χ2v) is 3.45. The summed E-state index contributed by atoms with van der Waals surface area (Å²) in [5.41, 5.74) is 7.24. The summed E-state index contributed by atoms with van der Waals surface area (Å²) in [6.07, 6.45) is 0.408. The topological polar surface area (TPSA) is 80.9 Å². The second-order valence-electron chi connectivity index (χ2n) is 3.45. The first-order chi connectivity index (χ1) is 7.02. The van der Waals surface area contributed by atoms with E-state index in [9.17, 15) is 4.79 Å². The highest BCUT2D eigenvalue weighted by molar-refractivity contribution is 5.88. The molecule has 1 aromatic heterocycles. The highest BCUT2D eigenvalue weighted by atomic mass is 35.5. The molecule has 1 unspecified atom stereocenters. The Labute approximate surface area is 101 Å². The average Bonchev–Trinajstić information content (AvgIpc) is 2.16. The SMILES string of the molecule is CCC(=O)Nc1nc(C)cc(C(C)N)n1.Cl. The minimum absolute atomic E-state index is 0. The van der Waals surface area contributed by atoms with E-state index in [1.165, 1.54) is 0 Å². The third-order valence-electron chi connectivity index (χ3n) is 1.91. The van der Waals surface area contributed by atoms with Gasteiger partial charge in [-0.25, -0.2) is 9.97 Å². The van der Waals surface area contributed by atoms with Gasteiger partial charge in [-0.2, -0.15) is 0 Å². The number of aryl methyl sites for hydroxylation is 1. The van der Waals surface area contributed by atoms with E-state index in [0.717, 1.165) is 11.4 Å². The van der Waals surface area contributed by atoms with Crippen molar-refractivity contribution < 1.29 is 4.79 Å². The normalized spacial score (nSPS) is 11.5. The third kappa shape index (κ3) is 4.12. The van der Waals surface area contributed by atoms with E-state index in [1.807, 2.05) is 19.9 Å². The van der Waals surface area contributed by atoms with Gasteiger partial charge in [0.05, 0.1) is 5.69 Å². The van der Waals surface area contributed by atoms with Crippen molar-refractivity contribution in [2.75, 3.05) is 5.32 Å². The zero-order valence-electron chi connectivity index (χ0n) is 9.65. The van der Waals surface area contributed by atoms with Crippen LogP contribution in [-0.4, -0.2) is 15.9 Å². The first-order valence-corrected chi connectivity index (χ1v) is 4.94. The number of hydrogen-bond donors (Lipinski definition) is 2. The molecular weight excluding hydrogens is 228 g/mol. The van der Waals surface area contributed by atoms with Crippen LogP contribution in [0.5, 0.6) is 0 Å². The molecule has 0 aliphatic carbocycles. The van der Waals surface area contributed by atoms with Crippen molar-refractivity contribution in [1.29, 1.82) is 0 Å². The molecule has 1 amide bonds. The van der Waals surface area contributed by atoms with Crippen molar-refractivity contribution in [3.8, 4) is 0 Å². The highest BCUT2D eigenvalue weighted by Gasteiger charge is 2.07. The molecule has 5 nitrogen and oxygen atoms in total. The van der Waals surface area contributed by atoms with Crippen LogP contribution < -0.4 is 11.1 Å². The maximum absolute atomic E-state index is 11.2. The van der Waals surface area contributed by atoms with Gasteiger partial charge in [-0.05, 0) is 19.9 Å². The van der Waals surface area contributed by atoms with E-state index in [2.05, 4.69) is 15.3 Å². The molecule has 0 aliphatic rings. The maximum Gasteiger partial charge on any atom is 0.229 e. The zero-order valence-corrected chi connectivity index (χ0v) is 10.5. The van der Waals surface area contributed by atoms with Gasteiger partial charge in [0.25, 0.3) is 0 Å². The van der Waals surface area contributed by atoms with Crippen LogP contribution >= 0.6 is 12.4 Å². The minimum atomic E-state index is -0.163. The minimum Gasteiger partial charge on any atom is -0.323 e. The van der Waals surface area contributed by atoms with Gasteiger partial charge in [0.2, 0.25) is 11.9 Å². The van der Waals surface area contributed by atoms with Gasteiger partial charge in [-0.15, -0.1) is 12.4 Å². The summed E-state index contributed by atoms with van der Waals surface area (Å²) < 4.78 is 0. The number of aromatic nitrogens is 2. The Balaban J connectivity index is 0.00000225. The molecule has 6 heteroatoms. The monoisotopic (exact) mass is 244 g/mol. The van der Waals surface area contributed by atoms with E-state index in [0.29, 0.717) is 12.4 Å². The highest BCUT2D eigenvalue weighted by Crippen LogP contribution is 2.10. The van der Waals surface area contributed by atoms with E-state index < -0.39 is 0 Å². The fourth-order valence-electron chi connectivity index (χ4n) is 1.10. The van der Waals surface area contributed by atoms with Crippen molar-refractivity contribution in [3.63, 3.8) is 0 Å². The largest absolute Gasteiger partial charge is 0.323 e. The Bertz CT molecular complexity index is 368. The lowest BCUT2D eigenvalue weighted by Gasteiger charge is -2.08. The number of nitrogens with one attached hydrogen (secondary N) is 1. The van der Waals surface area contributed by atoms with Gasteiger partial charge in [0.15, 0.2) is 0 Å². The number of nitrogens with zero attached hydrogens (tertiary/aromatic N) is 2. The zero-order chi connectivity index (χ0) is 11.4. The van der Waals surface area contributed by atoms with Gasteiger partial charge >= 0.3 is 0 Å². The predicted molar refractivity (Wildman–Crippen MR) is 65.5 cm³/mol. The van der Waals surface area contributed by atoms with E-state index >= 15 is 0 Å². The Morgan fingerprint density at radius 2 is 2.19 bits per heavy atom. The van der Waals surface area contributed by atoms with Crippen molar-refractivity contribution in [2.45, 2.75) is 33.2 Å². The molecule has 0 fully saturated rings. The van der Waals surface area contributed by atoms with Crippen LogP contribution in [-0.2, 0) is 4.79 Å². The summed E-state index contributed by atoms with van der Waals surface area (Å²) in [5.74, 6) is 0.227. The Kier molecular flexibility index (Phi) is 5.92. The molecule has 1 heterocycles. The summed E-state index contributed by atoms with van der Waals surface area (Å²) in [7, 11) is 0. The number of rotatable bonds is 3. The molecule has 16 heavy (non-hydrogen) atoms. The number of halogens is 1. The van der Waals surface area contributed by atoms with Crippen molar-refractivity contribution in [1.82, 2.24) is 9.97 Å². The van der Waals surface area contributed by atoms with Crippen LogP contribution in [0.25, 0.3) is 0 Å². The fourth-order valence-corrected chi connectivity index (χ4v) is 1.10. The first-order valence-electron chi connectivity index (χ1n) is 4.94. The molecule has 0 bridgehead atoms. The van der Waals surface area contributed by atoms with Gasteiger partial charge in [0.1, 0.15) is 0 Å². The Morgan fingerprint density at radius 1 is 1.56 bits per heavy atom. The molecule has 90 valence electrons. The first kappa shape index (κ1) is 14.8. The number of amides is 1. The van der Waals surface area contributed by atoms with Crippen LogP contribution in [0.1, 0.15) is 37.7 Å². The summed E-state index contributed by atoms with van der Waals surface area (Å²) >= 11 is 0. The fraction of sp³-hybridized carbons (Fsp3) is 0.500. The molecule has 0 saturated carbocycles. The number of nitrogens with two attached hydrogens (primary N) is 1. The third-order valence-corrected chi connectivity index (χ3v) is 1.91. The maximum atomic E-state index is 11.2. The standard InChI is InChI=1S/C10H16N4O.ClH/c1-4-9(15)14-10-12-6(2)5-8(13-10)7(3)11;/h5,7H,4,11H2,1-3H3,(H,12,13,14,15);1H. The molecule has 0 aromatic carbocycles. The van der Waals surface area contributed by atoms with Crippen LogP contribution in [0, 0.1) is 6.92 Å². The summed E-state index contributed by atoms with van der Waals surface area (Å²) in [6.45, 7) is 5.46. The smallest absolute Gasteiger partial charge is 0.229 e. The number of anilines is 1. The van der Waals surface area contributed by atoms with Gasteiger partial charge < -0.3 is 5.73 Å². The van der Waals surface area contributed by atoms with Crippen LogP contribution in [0.4, 0.5) is 5.95 Å². The van der Waals surface area contributed by atoms with Crippen molar-refractivity contribution in [3.05, 3.63) is 17.5 Å². The lowest BCUT2D eigenvalue weighted by atomic mass is 10.2. The second kappa shape index (κ2) is 6.40. The number of carbonyl (C=O) groups excluding carboxylic acids is 1. The lowest BCUT2D eigenvalue weighted by Crippen LogP contribution is -2.15. The van der Waals surface area contributed by atoms with Crippen molar-refractivity contribution in [2.24, 2.45) is 5.73 Å². The number of carbonyl (C=O) groups is 1. The molecule has 0 saturated heterocycles. The van der Waals surface area contributed by atoms with Crippen molar-refractivity contribution >= 4 is 24.3 Å². The van der Waals surface area contributed by atoms with Gasteiger partial charge in [0, 0.05) is 18.2 Å². The lowest BCUT2D eigenvalue weighted by molar-refractivity contribution is -0.115. The van der Waals surface area contributed by atoms with Gasteiger partial charge in [-0.1, -0.05) is 6.92 Å². The summed E-state index contributed by atoms with van der Waals surface area (Å²) in [6, 6.07) is 1.65. The summed E-state index contributed by atoms with van der Waals surface area (Å²) in [4.78, 5) is 19.4. The Hall–Kier alpha value is -1.20. The Morgan fingerprint density at radius 3 is 2.69 bits per heavy atom. The molecule has 3 N–H and O–H groups in total. The molecule has 0 spiro atoms. The number of hydrogen-bond acceptors (Lipinski definition) is 4. The van der Waals surface area contributed by atoms with Crippen LogP contribution in [0.3, 0.4) is 0 Å².